The molecule has 0 aliphatic rings. The highest BCUT2D eigenvalue weighted by atomic mass is 79.9. The maximum Gasteiger partial charge on any atom is 0.174 e. The van der Waals surface area contributed by atoms with Gasteiger partial charge in [-0.05, 0) is 31.5 Å². The van der Waals surface area contributed by atoms with Crippen LogP contribution in [0, 0.1) is 0 Å². The van der Waals surface area contributed by atoms with E-state index in [1.54, 1.807) is 26.0 Å². The van der Waals surface area contributed by atoms with Gasteiger partial charge in [0.15, 0.2) is 5.78 Å². The lowest BCUT2D eigenvalue weighted by atomic mass is 10.1. The summed E-state index contributed by atoms with van der Waals surface area (Å²) in [6.45, 7) is 3.95. The summed E-state index contributed by atoms with van der Waals surface area (Å²) in [5.41, 5.74) is 0.239. The van der Waals surface area contributed by atoms with Crippen LogP contribution in [-0.2, 0) is 16.1 Å². The molecule has 1 rings (SSSR count). The standard InChI is InChI=1S/C12H14BrClO2/c1-12(2,11(15)7-13)16-8-9-3-5-10(14)6-4-9/h3-6H,7-8H2,1-2H3. The molecule has 0 saturated carbocycles. The van der Waals surface area contributed by atoms with Gasteiger partial charge < -0.3 is 4.74 Å². The number of hydrogen-bond donors (Lipinski definition) is 0. The zero-order valence-electron chi connectivity index (χ0n) is 9.30. The Bertz CT molecular complexity index is 360. The second-order valence-electron chi connectivity index (χ2n) is 3.98. The van der Waals surface area contributed by atoms with Gasteiger partial charge in [0.25, 0.3) is 0 Å². The topological polar surface area (TPSA) is 26.3 Å². The number of carbonyl (C=O) groups is 1. The molecule has 0 bridgehead atoms. The summed E-state index contributed by atoms with van der Waals surface area (Å²) in [5.74, 6) is 0.0291. The van der Waals surface area contributed by atoms with Gasteiger partial charge in [0, 0.05) is 5.02 Å². The van der Waals surface area contributed by atoms with Crippen molar-refractivity contribution in [3.8, 4) is 0 Å². The number of hydrogen-bond acceptors (Lipinski definition) is 2. The highest BCUT2D eigenvalue weighted by Crippen LogP contribution is 2.16. The molecule has 0 radical (unpaired) electrons. The summed E-state index contributed by atoms with van der Waals surface area (Å²) in [4.78, 5) is 11.5. The van der Waals surface area contributed by atoms with Crippen molar-refractivity contribution in [3.63, 3.8) is 0 Å². The van der Waals surface area contributed by atoms with Crippen LogP contribution in [0.1, 0.15) is 19.4 Å². The number of alkyl halides is 1. The van der Waals surface area contributed by atoms with Gasteiger partial charge in [0.05, 0.1) is 11.9 Å². The number of carbonyl (C=O) groups excluding carboxylic acids is 1. The Kier molecular flexibility index (Phi) is 4.96. The number of halogens is 2. The van der Waals surface area contributed by atoms with E-state index in [0.29, 0.717) is 17.0 Å². The number of Topliss-reactive ketones (excluding diaryl/α,β-unsaturated/α-hetero) is 1. The monoisotopic (exact) mass is 304 g/mol. The molecule has 88 valence electrons. The number of rotatable bonds is 5. The van der Waals surface area contributed by atoms with Crippen LogP contribution in [0.4, 0.5) is 0 Å². The fraction of sp³-hybridized carbons (Fsp3) is 0.417. The van der Waals surface area contributed by atoms with Crippen molar-refractivity contribution >= 4 is 33.3 Å². The van der Waals surface area contributed by atoms with Gasteiger partial charge in [-0.2, -0.15) is 0 Å². The van der Waals surface area contributed by atoms with Crippen molar-refractivity contribution in [1.29, 1.82) is 0 Å². The van der Waals surface area contributed by atoms with Gasteiger partial charge in [-0.15, -0.1) is 0 Å². The molecule has 0 aliphatic carbocycles. The van der Waals surface area contributed by atoms with Crippen LogP contribution in [-0.4, -0.2) is 16.7 Å². The summed E-state index contributed by atoms with van der Waals surface area (Å²) in [5, 5.41) is 1.00. The maximum absolute atomic E-state index is 11.5. The summed E-state index contributed by atoms with van der Waals surface area (Å²) in [6.07, 6.45) is 0. The Hall–Kier alpha value is -0.380. The third-order valence-corrected chi connectivity index (χ3v) is 3.07. The summed E-state index contributed by atoms with van der Waals surface area (Å²) in [6, 6.07) is 7.38. The zero-order valence-corrected chi connectivity index (χ0v) is 11.6. The molecule has 2 nitrogen and oxygen atoms in total. The third kappa shape index (κ3) is 3.89. The Labute approximate surface area is 109 Å². The first-order chi connectivity index (χ1) is 7.45. The van der Waals surface area contributed by atoms with Crippen LogP contribution < -0.4 is 0 Å². The molecule has 0 unspecified atom stereocenters. The van der Waals surface area contributed by atoms with Crippen molar-refractivity contribution in [3.05, 3.63) is 34.9 Å². The van der Waals surface area contributed by atoms with E-state index in [9.17, 15) is 4.79 Å². The zero-order chi connectivity index (χ0) is 12.2. The lowest BCUT2D eigenvalue weighted by molar-refractivity contribution is -0.138. The number of benzene rings is 1. The van der Waals surface area contributed by atoms with Crippen molar-refractivity contribution in [1.82, 2.24) is 0 Å². The second-order valence-corrected chi connectivity index (χ2v) is 4.98. The summed E-state index contributed by atoms with van der Waals surface area (Å²) >= 11 is 8.91. The van der Waals surface area contributed by atoms with Gasteiger partial charge in [0.2, 0.25) is 0 Å². The molecular weight excluding hydrogens is 291 g/mol. The van der Waals surface area contributed by atoms with Gasteiger partial charge in [-0.1, -0.05) is 39.7 Å². The number of ether oxygens (including phenoxy) is 1. The Morgan fingerprint density at radius 3 is 2.44 bits per heavy atom. The molecule has 16 heavy (non-hydrogen) atoms. The van der Waals surface area contributed by atoms with E-state index in [2.05, 4.69) is 15.9 Å². The predicted molar refractivity (Wildman–Crippen MR) is 69.1 cm³/mol. The molecule has 0 saturated heterocycles. The van der Waals surface area contributed by atoms with E-state index in [1.165, 1.54) is 0 Å². The Balaban J connectivity index is 2.57. The molecular formula is C12H14BrClO2. The van der Waals surface area contributed by atoms with Gasteiger partial charge >= 0.3 is 0 Å². The highest BCUT2D eigenvalue weighted by Gasteiger charge is 2.26. The molecule has 4 heteroatoms. The molecule has 0 amide bonds. The minimum atomic E-state index is -0.761. The molecule has 1 aromatic rings. The normalized spacial score (nSPS) is 11.5. The van der Waals surface area contributed by atoms with E-state index in [1.807, 2.05) is 12.1 Å². The fourth-order valence-corrected chi connectivity index (χ4v) is 1.89. The molecule has 0 N–H and O–H groups in total. The number of ketones is 1. The first-order valence-electron chi connectivity index (χ1n) is 4.93. The van der Waals surface area contributed by atoms with Crippen molar-refractivity contribution in [2.45, 2.75) is 26.1 Å². The highest BCUT2D eigenvalue weighted by molar-refractivity contribution is 9.09. The minimum Gasteiger partial charge on any atom is -0.363 e. The van der Waals surface area contributed by atoms with E-state index in [4.69, 9.17) is 16.3 Å². The van der Waals surface area contributed by atoms with Crippen LogP contribution in [0.3, 0.4) is 0 Å². The lowest BCUT2D eigenvalue weighted by Crippen LogP contribution is -2.35. The van der Waals surface area contributed by atoms with Crippen LogP contribution in [0.15, 0.2) is 24.3 Å². The molecule has 0 fully saturated rings. The molecule has 0 spiro atoms. The maximum atomic E-state index is 11.5. The largest absolute Gasteiger partial charge is 0.363 e. The summed E-state index contributed by atoms with van der Waals surface area (Å²) in [7, 11) is 0. The minimum absolute atomic E-state index is 0.0291. The first-order valence-corrected chi connectivity index (χ1v) is 6.43. The van der Waals surface area contributed by atoms with Crippen LogP contribution in [0.25, 0.3) is 0 Å². The Morgan fingerprint density at radius 1 is 1.38 bits per heavy atom. The van der Waals surface area contributed by atoms with Crippen molar-refractivity contribution in [2.24, 2.45) is 0 Å². The van der Waals surface area contributed by atoms with Gasteiger partial charge in [-0.25, -0.2) is 0 Å². The first kappa shape index (κ1) is 13.7. The summed E-state index contributed by atoms with van der Waals surface area (Å²) < 4.78 is 5.59. The van der Waals surface area contributed by atoms with Crippen molar-refractivity contribution in [2.75, 3.05) is 5.33 Å². The predicted octanol–water partition coefficient (Wildman–Crippen LogP) is 3.60. The van der Waals surface area contributed by atoms with E-state index >= 15 is 0 Å². The molecule has 0 heterocycles. The average molecular weight is 306 g/mol. The molecule has 0 aromatic heterocycles. The fourth-order valence-electron chi connectivity index (χ4n) is 1.09. The average Bonchev–Trinajstić information content (AvgIpc) is 2.27. The van der Waals surface area contributed by atoms with E-state index < -0.39 is 5.60 Å². The quantitative estimate of drug-likeness (QED) is 0.777. The van der Waals surface area contributed by atoms with E-state index in [0.717, 1.165) is 5.56 Å². The van der Waals surface area contributed by atoms with E-state index in [-0.39, 0.29) is 5.78 Å². The van der Waals surface area contributed by atoms with Crippen LogP contribution >= 0.6 is 27.5 Å². The van der Waals surface area contributed by atoms with Gasteiger partial charge in [0.1, 0.15) is 5.60 Å². The van der Waals surface area contributed by atoms with Crippen LogP contribution in [0.5, 0.6) is 0 Å². The van der Waals surface area contributed by atoms with Gasteiger partial charge in [-0.3, -0.25) is 4.79 Å². The molecule has 0 aliphatic heterocycles. The Morgan fingerprint density at radius 2 is 1.94 bits per heavy atom. The van der Waals surface area contributed by atoms with Crippen LogP contribution in [0.2, 0.25) is 5.02 Å². The molecule has 1 aromatic carbocycles. The lowest BCUT2D eigenvalue weighted by Gasteiger charge is -2.22. The smallest absolute Gasteiger partial charge is 0.174 e. The second kappa shape index (κ2) is 5.80. The SMILES string of the molecule is CC(C)(OCc1ccc(Cl)cc1)C(=O)CBr. The molecule has 0 atom stereocenters. The third-order valence-electron chi connectivity index (χ3n) is 2.31. The van der Waals surface area contributed by atoms with Crippen molar-refractivity contribution < 1.29 is 9.53 Å².